The molecular formula is C18H20FN3O3. The molecule has 0 radical (unpaired) electrons. The van der Waals surface area contributed by atoms with E-state index in [0.29, 0.717) is 41.9 Å². The van der Waals surface area contributed by atoms with Crippen molar-refractivity contribution in [3.8, 4) is 5.69 Å². The molecule has 1 fully saturated rings. The van der Waals surface area contributed by atoms with Gasteiger partial charge in [0.15, 0.2) is 0 Å². The van der Waals surface area contributed by atoms with E-state index < -0.39 is 11.9 Å². The highest BCUT2D eigenvalue weighted by atomic mass is 19.1. The summed E-state index contributed by atoms with van der Waals surface area (Å²) in [5.41, 5.74) is 2.39. The van der Waals surface area contributed by atoms with Crippen LogP contribution in [-0.2, 0) is 4.79 Å². The molecule has 0 spiro atoms. The Labute approximate surface area is 144 Å². The van der Waals surface area contributed by atoms with Crippen LogP contribution in [0.25, 0.3) is 5.69 Å². The van der Waals surface area contributed by atoms with Crippen molar-refractivity contribution in [2.45, 2.75) is 39.2 Å². The molecule has 1 amide bonds. The van der Waals surface area contributed by atoms with Crippen LogP contribution in [0.3, 0.4) is 0 Å². The van der Waals surface area contributed by atoms with Gasteiger partial charge in [-0.3, -0.25) is 9.59 Å². The number of rotatable bonds is 4. The minimum Gasteiger partial charge on any atom is -0.481 e. The molecule has 2 atom stereocenters. The molecule has 1 aliphatic carbocycles. The molecule has 1 aromatic carbocycles. The molecule has 7 heteroatoms. The quantitative estimate of drug-likeness (QED) is 0.892. The third-order valence-electron chi connectivity index (χ3n) is 4.71. The van der Waals surface area contributed by atoms with Crippen molar-refractivity contribution in [2.24, 2.45) is 5.92 Å². The number of halogens is 1. The number of carbonyl (C=O) groups is 2. The number of benzene rings is 1. The molecule has 1 saturated carbocycles. The lowest BCUT2D eigenvalue weighted by Gasteiger charge is -2.13. The third-order valence-corrected chi connectivity index (χ3v) is 4.71. The van der Waals surface area contributed by atoms with E-state index in [0.717, 1.165) is 0 Å². The number of aryl methyl sites for hydroxylation is 1. The SMILES string of the molecule is Cc1nn(-c2ccc(F)cc2)c(C)c1C(=O)N[C@H]1CC[C@@H](C(=O)O)C1. The van der Waals surface area contributed by atoms with Gasteiger partial charge in [0.05, 0.1) is 28.6 Å². The van der Waals surface area contributed by atoms with Gasteiger partial charge in [-0.2, -0.15) is 5.10 Å². The van der Waals surface area contributed by atoms with Crippen LogP contribution < -0.4 is 5.32 Å². The number of hydrogen-bond acceptors (Lipinski definition) is 3. The van der Waals surface area contributed by atoms with Gasteiger partial charge in [0.1, 0.15) is 5.82 Å². The van der Waals surface area contributed by atoms with Crippen LogP contribution >= 0.6 is 0 Å². The fourth-order valence-electron chi connectivity index (χ4n) is 3.40. The molecule has 2 aromatic rings. The Morgan fingerprint density at radius 2 is 1.92 bits per heavy atom. The van der Waals surface area contributed by atoms with Gasteiger partial charge in [0.25, 0.3) is 5.91 Å². The normalized spacial score (nSPS) is 19.8. The topological polar surface area (TPSA) is 84.2 Å². The zero-order valence-electron chi connectivity index (χ0n) is 14.1. The predicted molar refractivity (Wildman–Crippen MR) is 89.2 cm³/mol. The maximum atomic E-state index is 13.1. The Hall–Kier alpha value is -2.70. The molecule has 25 heavy (non-hydrogen) atoms. The van der Waals surface area contributed by atoms with Crippen molar-refractivity contribution in [3.05, 3.63) is 47.0 Å². The van der Waals surface area contributed by atoms with Crippen LogP contribution in [0, 0.1) is 25.6 Å². The summed E-state index contributed by atoms with van der Waals surface area (Å²) in [5.74, 6) is -1.79. The first-order valence-corrected chi connectivity index (χ1v) is 8.22. The summed E-state index contributed by atoms with van der Waals surface area (Å²) in [4.78, 5) is 23.7. The first-order chi connectivity index (χ1) is 11.9. The Morgan fingerprint density at radius 3 is 2.52 bits per heavy atom. The number of hydrogen-bond donors (Lipinski definition) is 2. The average molecular weight is 345 g/mol. The minimum atomic E-state index is -0.812. The van der Waals surface area contributed by atoms with Crippen LogP contribution in [0.2, 0.25) is 0 Å². The van der Waals surface area contributed by atoms with E-state index in [4.69, 9.17) is 5.11 Å². The number of carboxylic acids is 1. The second-order valence-electron chi connectivity index (χ2n) is 6.45. The van der Waals surface area contributed by atoms with Crippen LogP contribution in [0.4, 0.5) is 4.39 Å². The second kappa shape index (κ2) is 6.66. The maximum Gasteiger partial charge on any atom is 0.306 e. The number of nitrogens with one attached hydrogen (secondary N) is 1. The molecule has 3 rings (SSSR count). The monoisotopic (exact) mass is 345 g/mol. The summed E-state index contributed by atoms with van der Waals surface area (Å²) in [5, 5.41) is 16.4. The molecule has 0 unspecified atom stereocenters. The van der Waals surface area contributed by atoms with Gasteiger partial charge in [-0.25, -0.2) is 9.07 Å². The van der Waals surface area contributed by atoms with Crippen LogP contribution in [0.5, 0.6) is 0 Å². The summed E-state index contributed by atoms with van der Waals surface area (Å²) in [6, 6.07) is 5.75. The van der Waals surface area contributed by atoms with Gasteiger partial charge in [0, 0.05) is 6.04 Å². The number of nitrogens with zero attached hydrogens (tertiary/aromatic N) is 2. The molecule has 0 aliphatic heterocycles. The molecule has 0 bridgehead atoms. The number of carbonyl (C=O) groups excluding carboxylic acids is 1. The minimum absolute atomic E-state index is 0.137. The van der Waals surface area contributed by atoms with E-state index in [-0.39, 0.29) is 17.8 Å². The van der Waals surface area contributed by atoms with Crippen LogP contribution in [-0.4, -0.2) is 32.8 Å². The van der Waals surface area contributed by atoms with Gasteiger partial charge in [-0.15, -0.1) is 0 Å². The molecule has 1 aromatic heterocycles. The third kappa shape index (κ3) is 3.40. The lowest BCUT2D eigenvalue weighted by molar-refractivity contribution is -0.141. The molecular weight excluding hydrogens is 325 g/mol. The second-order valence-corrected chi connectivity index (χ2v) is 6.45. The highest BCUT2D eigenvalue weighted by Crippen LogP contribution is 2.26. The number of aromatic nitrogens is 2. The van der Waals surface area contributed by atoms with Crippen molar-refractivity contribution in [1.82, 2.24) is 15.1 Å². The van der Waals surface area contributed by atoms with E-state index in [9.17, 15) is 14.0 Å². The van der Waals surface area contributed by atoms with Gasteiger partial charge >= 0.3 is 5.97 Å². The lowest BCUT2D eigenvalue weighted by atomic mass is 10.1. The highest BCUT2D eigenvalue weighted by Gasteiger charge is 2.31. The zero-order valence-corrected chi connectivity index (χ0v) is 14.1. The Kier molecular flexibility index (Phi) is 4.57. The van der Waals surface area contributed by atoms with E-state index in [1.165, 1.54) is 12.1 Å². The fourth-order valence-corrected chi connectivity index (χ4v) is 3.40. The van der Waals surface area contributed by atoms with Gasteiger partial charge in [-0.1, -0.05) is 0 Å². The summed E-state index contributed by atoms with van der Waals surface area (Å²) in [6.07, 6.45) is 1.69. The summed E-state index contributed by atoms with van der Waals surface area (Å²) >= 11 is 0. The summed E-state index contributed by atoms with van der Waals surface area (Å²) in [7, 11) is 0. The van der Waals surface area contributed by atoms with Crippen molar-refractivity contribution in [2.75, 3.05) is 0 Å². The van der Waals surface area contributed by atoms with E-state index in [2.05, 4.69) is 10.4 Å². The summed E-state index contributed by atoms with van der Waals surface area (Å²) < 4.78 is 14.7. The number of carboxylic acid groups (broad SMARTS) is 1. The van der Waals surface area contributed by atoms with Crippen molar-refractivity contribution in [1.29, 1.82) is 0 Å². The molecule has 132 valence electrons. The molecule has 1 aliphatic rings. The number of amides is 1. The first kappa shape index (κ1) is 17.1. The van der Waals surface area contributed by atoms with Gasteiger partial charge < -0.3 is 10.4 Å². The smallest absolute Gasteiger partial charge is 0.306 e. The Morgan fingerprint density at radius 1 is 1.24 bits per heavy atom. The van der Waals surface area contributed by atoms with Crippen molar-refractivity contribution in [3.63, 3.8) is 0 Å². The van der Waals surface area contributed by atoms with E-state index in [1.54, 1.807) is 30.7 Å². The van der Waals surface area contributed by atoms with Crippen molar-refractivity contribution < 1.29 is 19.1 Å². The van der Waals surface area contributed by atoms with Crippen LogP contribution in [0.1, 0.15) is 41.0 Å². The van der Waals surface area contributed by atoms with Crippen LogP contribution in [0.15, 0.2) is 24.3 Å². The van der Waals surface area contributed by atoms with E-state index >= 15 is 0 Å². The van der Waals surface area contributed by atoms with Crippen molar-refractivity contribution >= 4 is 11.9 Å². The predicted octanol–water partition coefficient (Wildman–Crippen LogP) is 2.61. The Bertz CT molecular complexity index is 814. The fraction of sp³-hybridized carbons (Fsp3) is 0.389. The van der Waals surface area contributed by atoms with Gasteiger partial charge in [0.2, 0.25) is 0 Å². The Balaban J connectivity index is 1.79. The standard InChI is InChI=1S/C18H20FN3O3/c1-10-16(17(23)20-14-6-3-12(9-14)18(24)25)11(2)22(21-10)15-7-4-13(19)5-8-15/h4-5,7-8,12,14H,3,6,9H2,1-2H3,(H,20,23)(H,24,25)/t12-,14+/m1/s1. The molecule has 0 saturated heterocycles. The maximum absolute atomic E-state index is 13.1. The lowest BCUT2D eigenvalue weighted by Crippen LogP contribution is -2.34. The molecule has 6 nitrogen and oxygen atoms in total. The first-order valence-electron chi connectivity index (χ1n) is 8.22. The zero-order chi connectivity index (χ0) is 18.1. The average Bonchev–Trinajstić information content (AvgIpc) is 3.13. The molecule has 1 heterocycles. The molecule has 2 N–H and O–H groups in total. The van der Waals surface area contributed by atoms with Gasteiger partial charge in [-0.05, 0) is 57.4 Å². The highest BCUT2D eigenvalue weighted by molar-refractivity contribution is 5.96. The number of aliphatic carboxylic acids is 1. The largest absolute Gasteiger partial charge is 0.481 e. The summed E-state index contributed by atoms with van der Waals surface area (Å²) in [6.45, 7) is 3.53. The van der Waals surface area contributed by atoms with E-state index in [1.807, 2.05) is 0 Å².